The average molecular weight is 160 g/mol. The highest BCUT2D eigenvalue weighted by atomic mass is 15.1. The molecule has 0 spiro atoms. The third kappa shape index (κ3) is 0.998. The monoisotopic (exact) mass is 160 g/mol. The Morgan fingerprint density at radius 1 is 1.42 bits per heavy atom. The van der Waals surface area contributed by atoms with Gasteiger partial charge in [0.2, 0.25) is 0 Å². The van der Waals surface area contributed by atoms with Gasteiger partial charge in [-0.1, -0.05) is 18.6 Å². The van der Waals surface area contributed by atoms with E-state index in [4.69, 9.17) is 0 Å². The van der Waals surface area contributed by atoms with Crippen LogP contribution in [-0.4, -0.2) is 10.2 Å². The van der Waals surface area contributed by atoms with Crippen molar-refractivity contribution in [3.05, 3.63) is 29.5 Å². The third-order valence-corrected chi connectivity index (χ3v) is 2.14. The Hall–Kier alpha value is -1.31. The van der Waals surface area contributed by atoms with Gasteiger partial charge in [-0.3, -0.25) is 5.10 Å². The Bertz CT molecular complexity index is 401. The van der Waals surface area contributed by atoms with E-state index in [1.54, 1.807) is 0 Å². The molecule has 0 radical (unpaired) electrons. The molecule has 0 aliphatic carbocycles. The molecule has 0 aliphatic heterocycles. The van der Waals surface area contributed by atoms with Crippen molar-refractivity contribution in [2.45, 2.75) is 20.3 Å². The van der Waals surface area contributed by atoms with Crippen molar-refractivity contribution in [2.24, 2.45) is 0 Å². The van der Waals surface area contributed by atoms with Gasteiger partial charge < -0.3 is 0 Å². The molecule has 0 unspecified atom stereocenters. The molecule has 12 heavy (non-hydrogen) atoms. The van der Waals surface area contributed by atoms with E-state index in [0.29, 0.717) is 0 Å². The molecule has 2 heteroatoms. The second-order valence-electron chi connectivity index (χ2n) is 3.08. The number of aromatic nitrogens is 2. The van der Waals surface area contributed by atoms with E-state index in [-0.39, 0.29) is 0 Å². The molecule has 2 nitrogen and oxygen atoms in total. The van der Waals surface area contributed by atoms with E-state index >= 15 is 0 Å². The molecule has 0 saturated heterocycles. The van der Waals surface area contributed by atoms with Crippen LogP contribution in [0.25, 0.3) is 10.9 Å². The fraction of sp³-hybridized carbons (Fsp3) is 0.300. The number of hydrogen-bond donors (Lipinski definition) is 1. The maximum Gasteiger partial charge on any atom is 0.0923 e. The Kier molecular flexibility index (Phi) is 1.61. The minimum Gasteiger partial charge on any atom is -0.281 e. The smallest absolute Gasteiger partial charge is 0.0923 e. The molecule has 2 aromatic rings. The lowest BCUT2D eigenvalue weighted by Crippen LogP contribution is -1.79. The summed E-state index contributed by atoms with van der Waals surface area (Å²) in [5, 5.41) is 8.51. The second kappa shape index (κ2) is 2.63. The van der Waals surface area contributed by atoms with Gasteiger partial charge in [0.15, 0.2) is 0 Å². The minimum absolute atomic E-state index is 1.01. The summed E-state index contributed by atoms with van der Waals surface area (Å²) < 4.78 is 0. The zero-order chi connectivity index (χ0) is 8.55. The van der Waals surface area contributed by atoms with E-state index in [1.807, 2.05) is 0 Å². The van der Waals surface area contributed by atoms with Gasteiger partial charge >= 0.3 is 0 Å². The van der Waals surface area contributed by atoms with Crippen LogP contribution in [0, 0.1) is 6.92 Å². The molecular formula is C10H12N2. The van der Waals surface area contributed by atoms with Gasteiger partial charge in [-0.2, -0.15) is 5.10 Å². The maximum atomic E-state index is 4.21. The molecule has 0 bridgehead atoms. The molecular weight excluding hydrogens is 148 g/mol. The molecule has 1 N–H and O–H groups in total. The van der Waals surface area contributed by atoms with E-state index in [1.165, 1.54) is 16.6 Å². The molecule has 2 rings (SSSR count). The lowest BCUT2D eigenvalue weighted by Gasteiger charge is -1.93. The number of benzene rings is 1. The molecule has 0 amide bonds. The summed E-state index contributed by atoms with van der Waals surface area (Å²) in [4.78, 5) is 0. The van der Waals surface area contributed by atoms with Gasteiger partial charge in [-0.15, -0.1) is 0 Å². The van der Waals surface area contributed by atoms with Crippen molar-refractivity contribution in [3.63, 3.8) is 0 Å². The zero-order valence-corrected chi connectivity index (χ0v) is 7.39. The molecule has 0 fully saturated rings. The molecule has 1 aromatic carbocycles. The van der Waals surface area contributed by atoms with Crippen molar-refractivity contribution in [1.82, 2.24) is 10.2 Å². The first-order valence-electron chi connectivity index (χ1n) is 4.25. The Morgan fingerprint density at radius 2 is 2.25 bits per heavy atom. The van der Waals surface area contributed by atoms with Crippen LogP contribution in [0.15, 0.2) is 18.2 Å². The molecule has 0 atom stereocenters. The second-order valence-corrected chi connectivity index (χ2v) is 3.08. The zero-order valence-electron chi connectivity index (χ0n) is 7.39. The van der Waals surface area contributed by atoms with Gasteiger partial charge in [0.25, 0.3) is 0 Å². The average Bonchev–Trinajstić information content (AvgIpc) is 2.46. The van der Waals surface area contributed by atoms with Crippen molar-refractivity contribution in [2.75, 3.05) is 0 Å². The van der Waals surface area contributed by atoms with Gasteiger partial charge in [0.1, 0.15) is 0 Å². The number of rotatable bonds is 1. The van der Waals surface area contributed by atoms with Crippen molar-refractivity contribution < 1.29 is 0 Å². The molecule has 0 saturated carbocycles. The van der Waals surface area contributed by atoms with Crippen LogP contribution in [0.4, 0.5) is 0 Å². The first kappa shape index (κ1) is 7.35. The summed E-state index contributed by atoms with van der Waals surface area (Å²) in [6.45, 7) is 4.24. The highest BCUT2D eigenvalue weighted by Crippen LogP contribution is 2.17. The number of aromatic amines is 1. The summed E-state index contributed by atoms with van der Waals surface area (Å²) in [7, 11) is 0. The SMILES string of the molecule is CCc1[nH]nc2ccc(C)cc12. The van der Waals surface area contributed by atoms with Gasteiger partial charge in [0, 0.05) is 11.1 Å². The largest absolute Gasteiger partial charge is 0.281 e. The van der Waals surface area contributed by atoms with Gasteiger partial charge in [0.05, 0.1) is 5.52 Å². The van der Waals surface area contributed by atoms with Gasteiger partial charge in [-0.05, 0) is 25.5 Å². The van der Waals surface area contributed by atoms with Gasteiger partial charge in [-0.25, -0.2) is 0 Å². The fourth-order valence-electron chi connectivity index (χ4n) is 1.45. The van der Waals surface area contributed by atoms with Crippen LogP contribution < -0.4 is 0 Å². The number of H-pyrrole nitrogens is 1. The van der Waals surface area contributed by atoms with Crippen LogP contribution in [-0.2, 0) is 6.42 Å². The summed E-state index contributed by atoms with van der Waals surface area (Å²) in [5.41, 5.74) is 3.59. The van der Waals surface area contributed by atoms with Crippen LogP contribution in [0.2, 0.25) is 0 Å². The van der Waals surface area contributed by atoms with Crippen molar-refractivity contribution in [1.29, 1.82) is 0 Å². The fourth-order valence-corrected chi connectivity index (χ4v) is 1.45. The first-order chi connectivity index (χ1) is 5.81. The molecule has 1 heterocycles. The molecule has 0 aliphatic rings. The van der Waals surface area contributed by atoms with E-state index in [2.05, 4.69) is 42.2 Å². The van der Waals surface area contributed by atoms with Crippen LogP contribution in [0.3, 0.4) is 0 Å². The molecule has 62 valence electrons. The summed E-state index contributed by atoms with van der Waals surface area (Å²) in [6.07, 6.45) is 1.01. The minimum atomic E-state index is 1.01. The Labute approximate surface area is 71.6 Å². The molecule has 1 aromatic heterocycles. The number of hydrogen-bond acceptors (Lipinski definition) is 1. The third-order valence-electron chi connectivity index (χ3n) is 2.14. The first-order valence-corrected chi connectivity index (χ1v) is 4.25. The summed E-state index contributed by atoms with van der Waals surface area (Å²) in [5.74, 6) is 0. The Balaban J connectivity index is 2.75. The number of aryl methyl sites for hydroxylation is 2. The highest BCUT2D eigenvalue weighted by Gasteiger charge is 2.01. The van der Waals surface area contributed by atoms with E-state index < -0.39 is 0 Å². The maximum absolute atomic E-state index is 4.21. The lowest BCUT2D eigenvalue weighted by molar-refractivity contribution is 0.988. The van der Waals surface area contributed by atoms with Crippen molar-refractivity contribution >= 4 is 10.9 Å². The topological polar surface area (TPSA) is 28.7 Å². The normalized spacial score (nSPS) is 10.8. The number of fused-ring (bicyclic) bond motifs is 1. The standard InChI is InChI=1S/C10H12N2/c1-3-9-8-6-7(2)4-5-10(8)12-11-9/h4-6H,3H2,1-2H3,(H,11,12). The van der Waals surface area contributed by atoms with E-state index in [0.717, 1.165) is 11.9 Å². The van der Waals surface area contributed by atoms with Crippen LogP contribution in [0.1, 0.15) is 18.2 Å². The predicted octanol–water partition coefficient (Wildman–Crippen LogP) is 2.43. The van der Waals surface area contributed by atoms with E-state index in [9.17, 15) is 0 Å². The van der Waals surface area contributed by atoms with Crippen molar-refractivity contribution in [3.8, 4) is 0 Å². The highest BCUT2D eigenvalue weighted by molar-refractivity contribution is 5.81. The predicted molar refractivity (Wildman–Crippen MR) is 50.2 cm³/mol. The quantitative estimate of drug-likeness (QED) is 0.682. The Morgan fingerprint density at radius 3 is 3.00 bits per heavy atom. The number of nitrogens with one attached hydrogen (secondary N) is 1. The van der Waals surface area contributed by atoms with Crippen LogP contribution >= 0.6 is 0 Å². The summed E-state index contributed by atoms with van der Waals surface area (Å²) in [6, 6.07) is 6.32. The van der Waals surface area contributed by atoms with Crippen LogP contribution in [0.5, 0.6) is 0 Å². The summed E-state index contributed by atoms with van der Waals surface area (Å²) >= 11 is 0. The number of nitrogens with zero attached hydrogens (tertiary/aromatic N) is 1. The lowest BCUT2D eigenvalue weighted by atomic mass is 10.1.